The maximum atomic E-state index is 12.1. The minimum Gasteiger partial charge on any atom is -0.342 e. The highest BCUT2D eigenvalue weighted by atomic mass is 16.2. The quantitative estimate of drug-likeness (QED) is 0.774. The number of unbranched alkanes of at least 4 members (excludes halogenated alkanes) is 2. The molecule has 2 rings (SSSR count). The highest BCUT2D eigenvalue weighted by molar-refractivity contribution is 5.93. The van der Waals surface area contributed by atoms with E-state index in [-0.39, 0.29) is 11.8 Å². The normalized spacial score (nSPS) is 28.1. The van der Waals surface area contributed by atoms with Gasteiger partial charge in [0.2, 0.25) is 11.8 Å². The van der Waals surface area contributed by atoms with Crippen molar-refractivity contribution in [3.63, 3.8) is 0 Å². The summed E-state index contributed by atoms with van der Waals surface area (Å²) < 4.78 is 0. The lowest BCUT2D eigenvalue weighted by Gasteiger charge is -2.32. The Morgan fingerprint density at radius 1 is 1.39 bits per heavy atom. The fourth-order valence-electron chi connectivity index (χ4n) is 2.85. The molecule has 2 fully saturated rings. The molecule has 0 radical (unpaired) electrons. The summed E-state index contributed by atoms with van der Waals surface area (Å²) in [4.78, 5) is 26.0. The van der Waals surface area contributed by atoms with Gasteiger partial charge in [-0.1, -0.05) is 26.3 Å². The van der Waals surface area contributed by atoms with E-state index in [0.717, 1.165) is 44.3 Å². The van der Waals surface area contributed by atoms with Gasteiger partial charge in [0.05, 0.1) is 5.41 Å². The van der Waals surface area contributed by atoms with E-state index in [1.165, 1.54) is 0 Å². The zero-order chi connectivity index (χ0) is 13.2. The Bertz CT molecular complexity index is 378. The van der Waals surface area contributed by atoms with E-state index in [0.29, 0.717) is 13.0 Å². The molecule has 4 nitrogen and oxygen atoms in total. The predicted molar refractivity (Wildman–Crippen MR) is 69.7 cm³/mol. The molecule has 1 unspecified atom stereocenters. The van der Waals surface area contributed by atoms with Gasteiger partial charge in [-0.3, -0.25) is 9.59 Å². The molecule has 2 saturated heterocycles. The maximum absolute atomic E-state index is 12.1. The van der Waals surface area contributed by atoms with E-state index in [9.17, 15) is 9.59 Å². The van der Waals surface area contributed by atoms with Crippen LogP contribution in [0.2, 0.25) is 0 Å². The van der Waals surface area contributed by atoms with Gasteiger partial charge in [-0.15, -0.1) is 0 Å². The molecule has 1 spiro atoms. The second kappa shape index (κ2) is 5.12. The SMILES string of the molecule is C=C1CCC2(CC(=O)N(CCCCC)C2)C(=O)N1. The predicted octanol–water partition coefficient (Wildman–Crippen LogP) is 1.82. The Balaban J connectivity index is 1.98. The summed E-state index contributed by atoms with van der Waals surface area (Å²) in [5.41, 5.74) is 0.298. The van der Waals surface area contributed by atoms with Crippen LogP contribution >= 0.6 is 0 Å². The molecule has 2 aliphatic rings. The second-order valence-corrected chi connectivity index (χ2v) is 5.54. The third kappa shape index (κ3) is 2.42. The molecule has 0 aromatic carbocycles. The first-order chi connectivity index (χ1) is 8.57. The number of rotatable bonds is 4. The number of nitrogens with zero attached hydrogens (tertiary/aromatic N) is 1. The van der Waals surface area contributed by atoms with Crippen molar-refractivity contribution in [3.05, 3.63) is 12.3 Å². The molecule has 2 heterocycles. The molecule has 18 heavy (non-hydrogen) atoms. The van der Waals surface area contributed by atoms with E-state index < -0.39 is 5.41 Å². The fraction of sp³-hybridized carbons (Fsp3) is 0.714. The first kappa shape index (κ1) is 13.1. The van der Waals surface area contributed by atoms with E-state index in [4.69, 9.17) is 0 Å². The number of hydrogen-bond acceptors (Lipinski definition) is 2. The molecule has 1 N–H and O–H groups in total. The minimum absolute atomic E-state index is 0.00917. The van der Waals surface area contributed by atoms with E-state index in [2.05, 4.69) is 18.8 Å². The van der Waals surface area contributed by atoms with Crippen LogP contribution in [0.3, 0.4) is 0 Å². The van der Waals surface area contributed by atoms with Crippen molar-refractivity contribution in [1.82, 2.24) is 10.2 Å². The number of carbonyl (C=O) groups excluding carboxylic acids is 2. The standard InChI is InChI=1S/C14H22N2O2/c1-3-4-5-8-16-10-14(9-12(16)17)7-6-11(2)15-13(14)18/h2-10H2,1H3,(H,15,18). The molecule has 2 aliphatic heterocycles. The highest BCUT2D eigenvalue weighted by Gasteiger charge is 2.49. The number of nitrogens with one attached hydrogen (secondary N) is 1. The van der Waals surface area contributed by atoms with Crippen molar-refractivity contribution in [1.29, 1.82) is 0 Å². The number of likely N-dealkylation sites (tertiary alicyclic amines) is 1. The van der Waals surface area contributed by atoms with Crippen LogP contribution in [-0.4, -0.2) is 29.8 Å². The van der Waals surface area contributed by atoms with E-state index >= 15 is 0 Å². The summed E-state index contributed by atoms with van der Waals surface area (Å²) in [6, 6.07) is 0. The Labute approximate surface area is 108 Å². The van der Waals surface area contributed by atoms with Gasteiger partial charge in [-0.25, -0.2) is 0 Å². The zero-order valence-electron chi connectivity index (χ0n) is 11.1. The van der Waals surface area contributed by atoms with Crippen LogP contribution in [-0.2, 0) is 9.59 Å². The lowest BCUT2D eigenvalue weighted by Crippen LogP contribution is -2.46. The molecule has 1 atom stereocenters. The van der Waals surface area contributed by atoms with Gasteiger partial charge in [0, 0.05) is 25.2 Å². The smallest absolute Gasteiger partial charge is 0.232 e. The third-order valence-corrected chi connectivity index (χ3v) is 4.04. The topological polar surface area (TPSA) is 49.4 Å². The summed E-state index contributed by atoms with van der Waals surface area (Å²) >= 11 is 0. The Morgan fingerprint density at radius 3 is 2.83 bits per heavy atom. The van der Waals surface area contributed by atoms with Crippen LogP contribution in [0.5, 0.6) is 0 Å². The second-order valence-electron chi connectivity index (χ2n) is 5.54. The molecule has 0 aromatic heterocycles. The van der Waals surface area contributed by atoms with Gasteiger partial charge >= 0.3 is 0 Å². The molecule has 2 amide bonds. The molecule has 0 saturated carbocycles. The van der Waals surface area contributed by atoms with Crippen molar-refractivity contribution >= 4 is 11.8 Å². The van der Waals surface area contributed by atoms with Crippen LogP contribution in [0.15, 0.2) is 12.3 Å². The van der Waals surface area contributed by atoms with Gasteiger partial charge in [0.25, 0.3) is 0 Å². The molecule has 4 heteroatoms. The van der Waals surface area contributed by atoms with Crippen LogP contribution in [0.4, 0.5) is 0 Å². The summed E-state index contributed by atoms with van der Waals surface area (Å²) in [6.45, 7) is 7.32. The van der Waals surface area contributed by atoms with Gasteiger partial charge in [0.1, 0.15) is 0 Å². The maximum Gasteiger partial charge on any atom is 0.232 e. The lowest BCUT2D eigenvalue weighted by molar-refractivity contribution is -0.133. The van der Waals surface area contributed by atoms with Crippen molar-refractivity contribution in [2.45, 2.75) is 45.4 Å². The Morgan fingerprint density at radius 2 is 2.17 bits per heavy atom. The van der Waals surface area contributed by atoms with Crippen LogP contribution in [0.25, 0.3) is 0 Å². The highest BCUT2D eigenvalue weighted by Crippen LogP contribution is 2.39. The summed E-state index contributed by atoms with van der Waals surface area (Å²) in [5.74, 6) is 0.124. The monoisotopic (exact) mass is 250 g/mol. The average Bonchev–Trinajstić information content (AvgIpc) is 2.64. The van der Waals surface area contributed by atoms with Gasteiger partial charge in [0.15, 0.2) is 0 Å². The van der Waals surface area contributed by atoms with Crippen molar-refractivity contribution in [2.75, 3.05) is 13.1 Å². The van der Waals surface area contributed by atoms with Crippen LogP contribution in [0.1, 0.15) is 45.4 Å². The number of carbonyl (C=O) groups is 2. The number of amides is 2. The molecular weight excluding hydrogens is 228 g/mol. The van der Waals surface area contributed by atoms with Crippen molar-refractivity contribution in [2.24, 2.45) is 5.41 Å². The van der Waals surface area contributed by atoms with Crippen LogP contribution < -0.4 is 5.32 Å². The minimum atomic E-state index is -0.482. The summed E-state index contributed by atoms with van der Waals surface area (Å²) in [6.07, 6.45) is 5.24. The first-order valence-corrected chi connectivity index (χ1v) is 6.84. The Hall–Kier alpha value is -1.32. The van der Waals surface area contributed by atoms with Gasteiger partial charge in [-0.2, -0.15) is 0 Å². The first-order valence-electron chi connectivity index (χ1n) is 6.84. The number of allylic oxidation sites excluding steroid dienone is 1. The van der Waals surface area contributed by atoms with Crippen molar-refractivity contribution in [3.8, 4) is 0 Å². The van der Waals surface area contributed by atoms with Crippen LogP contribution in [0, 0.1) is 5.41 Å². The van der Waals surface area contributed by atoms with E-state index in [1.807, 2.05) is 4.90 Å². The van der Waals surface area contributed by atoms with Gasteiger partial charge in [-0.05, 0) is 19.3 Å². The average molecular weight is 250 g/mol. The van der Waals surface area contributed by atoms with Gasteiger partial charge < -0.3 is 10.2 Å². The summed E-state index contributed by atoms with van der Waals surface area (Å²) in [7, 11) is 0. The van der Waals surface area contributed by atoms with Crippen molar-refractivity contribution < 1.29 is 9.59 Å². The molecular formula is C14H22N2O2. The fourth-order valence-corrected chi connectivity index (χ4v) is 2.85. The lowest BCUT2D eigenvalue weighted by atomic mass is 9.78. The molecule has 0 aliphatic carbocycles. The largest absolute Gasteiger partial charge is 0.342 e. The Kier molecular flexibility index (Phi) is 3.73. The molecule has 100 valence electrons. The number of piperidine rings is 1. The van der Waals surface area contributed by atoms with E-state index in [1.54, 1.807) is 0 Å². The molecule has 0 bridgehead atoms. The number of hydrogen-bond donors (Lipinski definition) is 1. The summed E-state index contributed by atoms with van der Waals surface area (Å²) in [5, 5.41) is 2.81. The third-order valence-electron chi connectivity index (χ3n) is 4.04. The zero-order valence-corrected chi connectivity index (χ0v) is 11.1. The molecule has 0 aromatic rings.